The zero-order valence-corrected chi connectivity index (χ0v) is 13.8. The maximum Gasteiger partial charge on any atom is 0.363 e. The molecule has 114 valence electrons. The Labute approximate surface area is 144 Å². The monoisotopic (exact) mass is 420 g/mol. The van der Waals surface area contributed by atoms with Gasteiger partial charge >= 0.3 is 5.97 Å². The van der Waals surface area contributed by atoms with Gasteiger partial charge in [0.2, 0.25) is 5.90 Å². The van der Waals surface area contributed by atoms with E-state index in [2.05, 4.69) is 27.6 Å². The number of rotatable bonds is 3. The second-order valence-electron chi connectivity index (χ2n) is 4.70. The van der Waals surface area contributed by atoms with Gasteiger partial charge in [-0.2, -0.15) is 0 Å². The number of hydrogen-bond acceptors (Lipinski definition) is 5. The minimum absolute atomic E-state index is 0.0340. The van der Waals surface area contributed by atoms with Crippen LogP contribution in [-0.2, 0) is 9.53 Å². The number of halogens is 1. The molecule has 0 saturated heterocycles. The van der Waals surface area contributed by atoms with Gasteiger partial charge in [-0.1, -0.05) is 12.1 Å². The number of nitro benzene ring substituents is 1. The van der Waals surface area contributed by atoms with Gasteiger partial charge in [0.1, 0.15) is 0 Å². The number of hydrogen-bond donors (Lipinski definition) is 0. The van der Waals surface area contributed by atoms with Crippen molar-refractivity contribution < 1.29 is 14.5 Å². The van der Waals surface area contributed by atoms with Crippen molar-refractivity contribution in [2.75, 3.05) is 0 Å². The first-order valence-electron chi connectivity index (χ1n) is 6.56. The summed E-state index contributed by atoms with van der Waals surface area (Å²) >= 11 is 2.18. The summed E-state index contributed by atoms with van der Waals surface area (Å²) in [4.78, 5) is 26.2. The number of nitrogens with zero attached hydrogens (tertiary/aromatic N) is 2. The summed E-state index contributed by atoms with van der Waals surface area (Å²) in [5.74, 6) is -0.404. The van der Waals surface area contributed by atoms with Crippen LogP contribution in [0.25, 0.3) is 6.08 Å². The van der Waals surface area contributed by atoms with Crippen LogP contribution in [0.1, 0.15) is 11.1 Å². The minimum atomic E-state index is -0.544. The molecule has 0 unspecified atom stereocenters. The van der Waals surface area contributed by atoms with E-state index in [9.17, 15) is 14.9 Å². The second kappa shape index (κ2) is 6.29. The number of carbonyl (C=O) groups excluding carboxylic acids is 1. The minimum Gasteiger partial charge on any atom is -0.402 e. The molecule has 0 aliphatic carbocycles. The van der Waals surface area contributed by atoms with E-state index in [4.69, 9.17) is 4.74 Å². The first-order valence-corrected chi connectivity index (χ1v) is 7.64. The van der Waals surface area contributed by atoms with Crippen LogP contribution in [0.5, 0.6) is 0 Å². The van der Waals surface area contributed by atoms with Crippen molar-refractivity contribution in [1.82, 2.24) is 0 Å². The number of ether oxygens (including phenoxy) is 1. The van der Waals surface area contributed by atoms with E-state index in [0.29, 0.717) is 5.56 Å². The highest BCUT2D eigenvalue weighted by Crippen LogP contribution is 2.21. The van der Waals surface area contributed by atoms with Crippen molar-refractivity contribution in [3.05, 3.63) is 79.0 Å². The molecule has 0 spiro atoms. The van der Waals surface area contributed by atoms with Crippen LogP contribution < -0.4 is 0 Å². The Morgan fingerprint density at radius 2 is 1.91 bits per heavy atom. The molecule has 0 aromatic heterocycles. The Bertz CT molecular complexity index is 857. The summed E-state index contributed by atoms with van der Waals surface area (Å²) in [7, 11) is 0. The standard InChI is InChI=1S/C16H9IN2O4/c17-12-3-1-2-10(8-12)9-14-16(20)23-15(18-14)11-4-6-13(7-5-11)19(21)22/h1-9H/b14-9-. The molecule has 1 aliphatic rings. The number of benzene rings is 2. The molecule has 0 N–H and O–H groups in total. The van der Waals surface area contributed by atoms with Crippen molar-refractivity contribution in [3.63, 3.8) is 0 Å². The Morgan fingerprint density at radius 1 is 1.17 bits per heavy atom. The van der Waals surface area contributed by atoms with E-state index < -0.39 is 10.9 Å². The van der Waals surface area contributed by atoms with E-state index in [1.807, 2.05) is 24.3 Å². The molecule has 1 aliphatic heterocycles. The van der Waals surface area contributed by atoms with Gasteiger partial charge in [0.15, 0.2) is 5.70 Å². The molecule has 2 aromatic rings. The van der Waals surface area contributed by atoms with Crippen LogP contribution in [0.15, 0.2) is 59.2 Å². The Kier molecular flexibility index (Phi) is 4.20. The molecule has 23 heavy (non-hydrogen) atoms. The van der Waals surface area contributed by atoms with E-state index in [1.165, 1.54) is 24.3 Å². The summed E-state index contributed by atoms with van der Waals surface area (Å²) in [6, 6.07) is 13.3. The predicted molar refractivity (Wildman–Crippen MR) is 92.9 cm³/mol. The zero-order chi connectivity index (χ0) is 16.4. The van der Waals surface area contributed by atoms with Crippen molar-refractivity contribution in [2.24, 2.45) is 4.99 Å². The Hall–Kier alpha value is -2.55. The van der Waals surface area contributed by atoms with Crippen molar-refractivity contribution in [3.8, 4) is 0 Å². The van der Waals surface area contributed by atoms with Crippen molar-refractivity contribution in [1.29, 1.82) is 0 Å². The van der Waals surface area contributed by atoms with Gasteiger partial charge in [-0.15, -0.1) is 0 Å². The number of carbonyl (C=O) groups is 1. The third-order valence-corrected chi connectivity index (χ3v) is 3.77. The van der Waals surface area contributed by atoms with Crippen LogP contribution in [0.3, 0.4) is 0 Å². The molecule has 0 saturated carbocycles. The van der Waals surface area contributed by atoms with Gasteiger partial charge in [-0.3, -0.25) is 10.1 Å². The first-order chi connectivity index (χ1) is 11.0. The Balaban J connectivity index is 1.90. The zero-order valence-electron chi connectivity index (χ0n) is 11.6. The maximum atomic E-state index is 11.9. The van der Waals surface area contributed by atoms with Crippen molar-refractivity contribution in [2.45, 2.75) is 0 Å². The number of nitro groups is 1. The van der Waals surface area contributed by atoms with Crippen molar-refractivity contribution >= 4 is 46.2 Å². The van der Waals surface area contributed by atoms with Gasteiger partial charge in [0.25, 0.3) is 5.69 Å². The molecule has 1 heterocycles. The number of esters is 1. The van der Waals surface area contributed by atoms with Crippen LogP contribution in [0.4, 0.5) is 5.69 Å². The highest BCUT2D eigenvalue weighted by Gasteiger charge is 2.24. The number of cyclic esters (lactones) is 1. The lowest BCUT2D eigenvalue weighted by Gasteiger charge is -1.98. The first kappa shape index (κ1) is 15.3. The topological polar surface area (TPSA) is 81.8 Å². The fourth-order valence-electron chi connectivity index (χ4n) is 2.01. The average Bonchev–Trinajstić information content (AvgIpc) is 2.88. The van der Waals surface area contributed by atoms with E-state index in [1.54, 1.807) is 6.08 Å². The molecule has 7 heteroatoms. The van der Waals surface area contributed by atoms with Gasteiger partial charge in [0.05, 0.1) is 4.92 Å². The number of non-ortho nitro benzene ring substituents is 1. The molecule has 2 aromatic carbocycles. The largest absolute Gasteiger partial charge is 0.402 e. The van der Waals surface area contributed by atoms with Crippen LogP contribution in [0, 0.1) is 13.7 Å². The fourth-order valence-corrected chi connectivity index (χ4v) is 2.58. The predicted octanol–water partition coefficient (Wildman–Crippen LogP) is 3.54. The van der Waals surface area contributed by atoms with Gasteiger partial charge < -0.3 is 4.74 Å². The summed E-state index contributed by atoms with van der Waals surface area (Å²) in [5, 5.41) is 10.6. The lowest BCUT2D eigenvalue weighted by atomic mass is 10.2. The quantitative estimate of drug-likeness (QED) is 0.250. The third-order valence-electron chi connectivity index (χ3n) is 3.10. The molecule has 0 atom stereocenters. The lowest BCUT2D eigenvalue weighted by Crippen LogP contribution is -2.05. The molecule has 3 rings (SSSR count). The molecule has 6 nitrogen and oxygen atoms in total. The smallest absolute Gasteiger partial charge is 0.363 e. The molecular formula is C16H9IN2O4. The lowest BCUT2D eigenvalue weighted by molar-refractivity contribution is -0.384. The number of aliphatic imine (C=N–C) groups is 1. The SMILES string of the molecule is O=C1OC(c2ccc([N+](=O)[O-])cc2)=N/C1=C\c1cccc(I)c1. The molecular weight excluding hydrogens is 411 g/mol. The summed E-state index contributed by atoms with van der Waals surface area (Å²) in [5.41, 5.74) is 1.51. The highest BCUT2D eigenvalue weighted by molar-refractivity contribution is 14.1. The van der Waals surface area contributed by atoms with Crippen LogP contribution >= 0.6 is 22.6 Å². The van der Waals surface area contributed by atoms with E-state index >= 15 is 0 Å². The summed E-state index contributed by atoms with van der Waals surface area (Å²) in [6.07, 6.45) is 1.64. The summed E-state index contributed by atoms with van der Waals surface area (Å²) < 4.78 is 6.18. The second-order valence-corrected chi connectivity index (χ2v) is 5.94. The molecule has 0 amide bonds. The van der Waals surface area contributed by atoms with Gasteiger partial charge in [-0.25, -0.2) is 9.79 Å². The van der Waals surface area contributed by atoms with E-state index in [-0.39, 0.29) is 17.3 Å². The van der Waals surface area contributed by atoms with Gasteiger partial charge in [-0.05, 0) is 58.5 Å². The highest BCUT2D eigenvalue weighted by atomic mass is 127. The average molecular weight is 420 g/mol. The normalized spacial score (nSPS) is 15.4. The van der Waals surface area contributed by atoms with Crippen LogP contribution in [-0.4, -0.2) is 16.8 Å². The fraction of sp³-hybridized carbons (Fsp3) is 0. The van der Waals surface area contributed by atoms with Crippen LogP contribution in [0.2, 0.25) is 0 Å². The summed E-state index contributed by atoms with van der Waals surface area (Å²) in [6.45, 7) is 0. The molecule has 0 radical (unpaired) electrons. The molecule has 0 bridgehead atoms. The Morgan fingerprint density at radius 3 is 2.57 bits per heavy atom. The molecule has 0 fully saturated rings. The maximum absolute atomic E-state index is 11.9. The third kappa shape index (κ3) is 3.45. The van der Waals surface area contributed by atoms with E-state index in [0.717, 1.165) is 9.13 Å². The van der Waals surface area contributed by atoms with Gasteiger partial charge in [0, 0.05) is 21.3 Å².